The first-order chi connectivity index (χ1) is 21.4. The first-order valence-electron chi connectivity index (χ1n) is 18.1. The summed E-state index contributed by atoms with van der Waals surface area (Å²) in [5.74, 6) is -0.665. The topological polar surface area (TPSA) is 105 Å². The maximum Gasteiger partial charge on any atom is 0.308 e. The average molecular weight is 641 g/mol. The molecule has 0 aromatic rings. The molecule has 0 amide bonds. The van der Waals surface area contributed by atoms with Gasteiger partial charge in [-0.15, -0.1) is 0 Å². The summed E-state index contributed by atoms with van der Waals surface area (Å²) in [6.07, 6.45) is 13.2. The summed E-state index contributed by atoms with van der Waals surface area (Å²) >= 11 is 0. The van der Waals surface area contributed by atoms with E-state index in [1.165, 1.54) is 12.8 Å². The van der Waals surface area contributed by atoms with Crippen molar-refractivity contribution in [3.05, 3.63) is 0 Å². The van der Waals surface area contributed by atoms with Gasteiger partial charge in [0.1, 0.15) is 31.8 Å². The number of hydrogen-bond donors (Lipinski definition) is 0. The third kappa shape index (κ3) is 21.3. The Morgan fingerprint density at radius 2 is 0.778 bits per heavy atom. The molecule has 0 N–H and O–H groups in total. The van der Waals surface area contributed by atoms with E-state index >= 15 is 0 Å². The Bertz CT molecular complexity index is 732. The lowest BCUT2D eigenvalue weighted by Gasteiger charge is -2.32. The third-order valence-electron chi connectivity index (χ3n) is 8.58. The van der Waals surface area contributed by atoms with Gasteiger partial charge in [-0.3, -0.25) is 19.2 Å². The van der Waals surface area contributed by atoms with Gasteiger partial charge in [0.05, 0.1) is 11.8 Å². The standard InChI is InChI=1S/C37H68O8/c1-9-31(10-2)35(40)44-27-37(28-45-36(41)32(11-3)12-4,25-42-33(38)23-19-15-13-17-21-29(5)6)26-43-34(39)24-20-16-14-18-22-30(7)8/h29-32H,9-28H2,1-8H3. The van der Waals surface area contributed by atoms with E-state index in [0.29, 0.717) is 37.5 Å². The molecule has 0 rings (SSSR count). The molecule has 264 valence electrons. The third-order valence-corrected chi connectivity index (χ3v) is 8.58. The number of carbonyl (C=O) groups excluding carboxylic acids is 4. The summed E-state index contributed by atoms with van der Waals surface area (Å²) in [6.45, 7) is 15.8. The van der Waals surface area contributed by atoms with Crippen LogP contribution in [0.25, 0.3) is 0 Å². The number of rotatable bonds is 28. The molecule has 0 radical (unpaired) electrons. The van der Waals surface area contributed by atoms with E-state index in [0.717, 1.165) is 51.4 Å². The lowest BCUT2D eigenvalue weighted by Crippen LogP contribution is -2.44. The van der Waals surface area contributed by atoms with E-state index in [1.54, 1.807) is 0 Å². The maximum atomic E-state index is 12.9. The Kier molecular flexibility index (Phi) is 24.8. The van der Waals surface area contributed by atoms with Crippen LogP contribution in [0.3, 0.4) is 0 Å². The van der Waals surface area contributed by atoms with Crippen molar-refractivity contribution in [2.45, 2.75) is 158 Å². The zero-order valence-corrected chi connectivity index (χ0v) is 30.2. The quantitative estimate of drug-likeness (QED) is 0.0474. The molecule has 0 saturated heterocycles. The summed E-state index contributed by atoms with van der Waals surface area (Å²) < 4.78 is 22.9. The Balaban J connectivity index is 5.59. The fraction of sp³-hybridized carbons (Fsp3) is 0.892. The van der Waals surface area contributed by atoms with Crippen LogP contribution in [0, 0.1) is 29.1 Å². The van der Waals surface area contributed by atoms with Gasteiger partial charge in [0, 0.05) is 12.8 Å². The first kappa shape index (κ1) is 42.9. The molecule has 0 unspecified atom stereocenters. The number of carbonyl (C=O) groups is 4. The van der Waals surface area contributed by atoms with Gasteiger partial charge in [0.25, 0.3) is 0 Å². The second kappa shape index (κ2) is 26.0. The fourth-order valence-electron chi connectivity index (χ4n) is 5.14. The Morgan fingerprint density at radius 3 is 1.09 bits per heavy atom. The van der Waals surface area contributed by atoms with Gasteiger partial charge in [-0.25, -0.2) is 0 Å². The molecule has 0 aromatic carbocycles. The van der Waals surface area contributed by atoms with Crippen LogP contribution in [-0.4, -0.2) is 50.3 Å². The Hall–Kier alpha value is -2.12. The van der Waals surface area contributed by atoms with Crippen molar-refractivity contribution in [2.24, 2.45) is 29.1 Å². The second-order valence-electron chi connectivity index (χ2n) is 13.8. The molecule has 0 spiro atoms. The molecular weight excluding hydrogens is 572 g/mol. The van der Waals surface area contributed by atoms with Crippen molar-refractivity contribution in [3.63, 3.8) is 0 Å². The number of ether oxygens (including phenoxy) is 4. The molecule has 0 saturated carbocycles. The average Bonchev–Trinajstić information content (AvgIpc) is 3.00. The van der Waals surface area contributed by atoms with E-state index in [1.807, 2.05) is 27.7 Å². The molecule has 45 heavy (non-hydrogen) atoms. The summed E-state index contributed by atoms with van der Waals surface area (Å²) in [5.41, 5.74) is -1.21. The van der Waals surface area contributed by atoms with Gasteiger partial charge >= 0.3 is 23.9 Å². The zero-order chi connectivity index (χ0) is 34.1. The van der Waals surface area contributed by atoms with E-state index in [2.05, 4.69) is 27.7 Å². The highest BCUT2D eigenvalue weighted by atomic mass is 16.6. The van der Waals surface area contributed by atoms with E-state index < -0.39 is 5.41 Å². The van der Waals surface area contributed by atoms with E-state index in [-0.39, 0.29) is 75.0 Å². The second-order valence-corrected chi connectivity index (χ2v) is 13.8. The number of unbranched alkanes of at least 4 members (excludes halogenated alkanes) is 6. The fourth-order valence-corrected chi connectivity index (χ4v) is 5.14. The molecule has 8 heteroatoms. The monoisotopic (exact) mass is 640 g/mol. The van der Waals surface area contributed by atoms with Crippen LogP contribution < -0.4 is 0 Å². The largest absolute Gasteiger partial charge is 0.465 e. The minimum Gasteiger partial charge on any atom is -0.465 e. The zero-order valence-electron chi connectivity index (χ0n) is 30.2. The lowest BCUT2D eigenvalue weighted by atomic mass is 9.91. The number of esters is 4. The van der Waals surface area contributed by atoms with Gasteiger partial charge in [0.15, 0.2) is 0 Å². The van der Waals surface area contributed by atoms with Crippen molar-refractivity contribution < 1.29 is 38.1 Å². The molecular formula is C37H68O8. The Labute approximate surface area is 275 Å². The van der Waals surface area contributed by atoms with Crippen molar-refractivity contribution in [2.75, 3.05) is 26.4 Å². The van der Waals surface area contributed by atoms with Crippen molar-refractivity contribution >= 4 is 23.9 Å². The highest BCUT2D eigenvalue weighted by molar-refractivity contribution is 5.73. The first-order valence-corrected chi connectivity index (χ1v) is 18.1. The van der Waals surface area contributed by atoms with Gasteiger partial charge < -0.3 is 18.9 Å². The van der Waals surface area contributed by atoms with Gasteiger partial charge in [-0.2, -0.15) is 0 Å². The Morgan fingerprint density at radius 1 is 0.467 bits per heavy atom. The molecule has 0 atom stereocenters. The lowest BCUT2D eigenvalue weighted by molar-refractivity contribution is -0.173. The maximum absolute atomic E-state index is 12.9. The van der Waals surface area contributed by atoms with Gasteiger partial charge in [-0.1, -0.05) is 107 Å². The SMILES string of the molecule is CCC(CC)C(=O)OCC(COC(=O)CCCCCCC(C)C)(COC(=O)CCCCCCC(C)C)COC(=O)C(CC)CC. The molecule has 0 fully saturated rings. The number of hydrogen-bond acceptors (Lipinski definition) is 8. The van der Waals surface area contributed by atoms with Crippen LogP contribution in [0.1, 0.15) is 158 Å². The molecule has 0 aliphatic rings. The van der Waals surface area contributed by atoms with Crippen LogP contribution in [0.2, 0.25) is 0 Å². The normalized spacial score (nSPS) is 11.8. The van der Waals surface area contributed by atoms with E-state index in [4.69, 9.17) is 18.9 Å². The van der Waals surface area contributed by atoms with Crippen molar-refractivity contribution in [3.8, 4) is 0 Å². The minimum absolute atomic E-state index is 0.186. The highest BCUT2D eigenvalue weighted by Gasteiger charge is 2.39. The van der Waals surface area contributed by atoms with Crippen LogP contribution in [0.4, 0.5) is 0 Å². The highest BCUT2D eigenvalue weighted by Crippen LogP contribution is 2.25. The van der Waals surface area contributed by atoms with Crippen molar-refractivity contribution in [1.82, 2.24) is 0 Å². The predicted octanol–water partition coefficient (Wildman–Crippen LogP) is 9.01. The van der Waals surface area contributed by atoms with Crippen molar-refractivity contribution in [1.29, 1.82) is 0 Å². The molecule has 0 aromatic heterocycles. The molecule has 0 aliphatic heterocycles. The van der Waals surface area contributed by atoms with Crippen LogP contribution in [0.15, 0.2) is 0 Å². The minimum atomic E-state index is -1.21. The summed E-state index contributed by atoms with van der Waals surface area (Å²) in [6, 6.07) is 0. The molecule has 0 heterocycles. The molecule has 8 nitrogen and oxygen atoms in total. The predicted molar refractivity (Wildman–Crippen MR) is 179 cm³/mol. The smallest absolute Gasteiger partial charge is 0.308 e. The summed E-state index contributed by atoms with van der Waals surface area (Å²) in [7, 11) is 0. The van der Waals surface area contributed by atoms with Crippen LogP contribution in [0.5, 0.6) is 0 Å². The van der Waals surface area contributed by atoms with Gasteiger partial charge in [0.2, 0.25) is 0 Å². The van der Waals surface area contributed by atoms with Crippen LogP contribution in [-0.2, 0) is 38.1 Å². The molecule has 0 bridgehead atoms. The summed E-state index contributed by atoms with van der Waals surface area (Å²) in [5, 5.41) is 0. The van der Waals surface area contributed by atoms with Crippen LogP contribution >= 0.6 is 0 Å². The summed E-state index contributed by atoms with van der Waals surface area (Å²) in [4.78, 5) is 51.3. The van der Waals surface area contributed by atoms with Gasteiger partial charge in [-0.05, 0) is 50.4 Å². The van der Waals surface area contributed by atoms with E-state index in [9.17, 15) is 19.2 Å². The molecule has 0 aliphatic carbocycles.